The first kappa shape index (κ1) is 12.8. The average Bonchev–Trinajstić information content (AvgIpc) is 2.21. The molecule has 0 aliphatic carbocycles. The van der Waals surface area contributed by atoms with E-state index >= 15 is 0 Å². The quantitative estimate of drug-likeness (QED) is 0.619. The van der Waals surface area contributed by atoms with Gasteiger partial charge in [0.1, 0.15) is 0 Å². The molecule has 0 spiro atoms. The molecule has 1 unspecified atom stereocenters. The van der Waals surface area contributed by atoms with Crippen LogP contribution in [0.4, 0.5) is 13.2 Å². The number of hydrogen-bond donors (Lipinski definition) is 1. The Balaban J connectivity index is 3.16. The van der Waals surface area contributed by atoms with Gasteiger partial charge in [-0.1, -0.05) is 11.6 Å². The van der Waals surface area contributed by atoms with Crippen LogP contribution in [0.25, 0.3) is 0 Å². The number of benzene rings is 1. The fourth-order valence-electron chi connectivity index (χ4n) is 1.43. The molecule has 1 nitrogen and oxygen atoms in total. The molecular weight excluding hydrogens is 215 g/mol. The van der Waals surface area contributed by atoms with Crippen molar-refractivity contribution in [3.8, 4) is 0 Å². The molecule has 4 heteroatoms. The second-order valence-electron chi connectivity index (χ2n) is 3.81. The standard InChI is InChI=1S/C12H14F3N/c1-7(2)4-11(16-3)8-5-9(13)12(15)10(14)6-8/h4-6,11,16H,1-3H3. The molecule has 0 fully saturated rings. The zero-order valence-corrected chi connectivity index (χ0v) is 9.44. The second kappa shape index (κ2) is 5.16. The van der Waals surface area contributed by atoms with Gasteiger partial charge in [0, 0.05) is 0 Å². The minimum Gasteiger partial charge on any atom is -0.310 e. The highest BCUT2D eigenvalue weighted by Gasteiger charge is 2.14. The molecule has 0 saturated carbocycles. The van der Waals surface area contributed by atoms with Crippen LogP contribution in [0.1, 0.15) is 25.5 Å². The van der Waals surface area contributed by atoms with E-state index in [1.54, 1.807) is 7.05 Å². The largest absolute Gasteiger partial charge is 0.310 e. The maximum atomic E-state index is 13.0. The molecule has 0 radical (unpaired) electrons. The summed E-state index contributed by atoms with van der Waals surface area (Å²) in [7, 11) is 1.67. The van der Waals surface area contributed by atoms with Crippen LogP contribution in [-0.4, -0.2) is 7.05 Å². The summed E-state index contributed by atoms with van der Waals surface area (Å²) >= 11 is 0. The van der Waals surface area contributed by atoms with Gasteiger partial charge in [-0.25, -0.2) is 13.2 Å². The lowest BCUT2D eigenvalue weighted by Crippen LogP contribution is -2.15. The Hall–Kier alpha value is -1.29. The maximum absolute atomic E-state index is 13.0. The van der Waals surface area contributed by atoms with Crippen molar-refractivity contribution in [2.24, 2.45) is 0 Å². The monoisotopic (exact) mass is 229 g/mol. The third-order valence-electron chi connectivity index (χ3n) is 2.18. The van der Waals surface area contributed by atoms with Crippen LogP contribution < -0.4 is 5.32 Å². The van der Waals surface area contributed by atoms with E-state index < -0.39 is 17.5 Å². The van der Waals surface area contributed by atoms with Gasteiger partial charge in [-0.15, -0.1) is 0 Å². The topological polar surface area (TPSA) is 12.0 Å². The fourth-order valence-corrected chi connectivity index (χ4v) is 1.43. The number of hydrogen-bond acceptors (Lipinski definition) is 1. The van der Waals surface area contributed by atoms with E-state index in [4.69, 9.17) is 0 Å². The third kappa shape index (κ3) is 2.85. The van der Waals surface area contributed by atoms with Crippen LogP contribution in [0.3, 0.4) is 0 Å². The van der Waals surface area contributed by atoms with Gasteiger partial charge >= 0.3 is 0 Å². The Kier molecular flexibility index (Phi) is 4.12. The predicted molar refractivity (Wildman–Crippen MR) is 57.5 cm³/mol. The Morgan fingerprint density at radius 1 is 1.19 bits per heavy atom. The van der Waals surface area contributed by atoms with Crippen LogP contribution >= 0.6 is 0 Å². The molecule has 0 aliphatic rings. The van der Waals surface area contributed by atoms with Crippen LogP contribution in [-0.2, 0) is 0 Å². The van der Waals surface area contributed by atoms with Crippen molar-refractivity contribution < 1.29 is 13.2 Å². The summed E-state index contributed by atoms with van der Waals surface area (Å²) in [5.41, 5.74) is 1.37. The highest BCUT2D eigenvalue weighted by Crippen LogP contribution is 2.20. The van der Waals surface area contributed by atoms with Crippen LogP contribution in [0.5, 0.6) is 0 Å². The summed E-state index contributed by atoms with van der Waals surface area (Å²) in [6, 6.07) is 1.67. The van der Waals surface area contributed by atoms with Crippen molar-refractivity contribution in [2.45, 2.75) is 19.9 Å². The Bertz CT molecular complexity index is 386. The maximum Gasteiger partial charge on any atom is 0.194 e. The van der Waals surface area contributed by atoms with Gasteiger partial charge in [0.05, 0.1) is 6.04 Å². The van der Waals surface area contributed by atoms with Gasteiger partial charge < -0.3 is 5.32 Å². The normalized spacial score (nSPS) is 12.4. The minimum absolute atomic E-state index is 0.324. The van der Waals surface area contributed by atoms with Crippen LogP contribution in [0, 0.1) is 17.5 Å². The number of likely N-dealkylation sites (N-methyl/N-ethyl adjacent to an activating group) is 1. The lowest BCUT2D eigenvalue weighted by atomic mass is 10.0. The lowest BCUT2D eigenvalue weighted by molar-refractivity contribution is 0.443. The lowest BCUT2D eigenvalue weighted by Gasteiger charge is -2.13. The number of halogens is 3. The van der Waals surface area contributed by atoms with Gasteiger partial charge in [-0.3, -0.25) is 0 Å². The van der Waals surface area contributed by atoms with E-state index in [0.717, 1.165) is 17.7 Å². The predicted octanol–water partition coefficient (Wildman–Crippen LogP) is 3.33. The van der Waals surface area contributed by atoms with E-state index in [1.807, 2.05) is 19.9 Å². The summed E-state index contributed by atoms with van der Waals surface area (Å²) < 4.78 is 38.8. The van der Waals surface area contributed by atoms with E-state index in [-0.39, 0.29) is 6.04 Å². The first-order valence-electron chi connectivity index (χ1n) is 4.92. The Morgan fingerprint density at radius 2 is 1.69 bits per heavy atom. The van der Waals surface area contributed by atoms with Crippen LogP contribution in [0.2, 0.25) is 0 Å². The molecule has 16 heavy (non-hydrogen) atoms. The fraction of sp³-hybridized carbons (Fsp3) is 0.333. The number of rotatable bonds is 3. The van der Waals surface area contributed by atoms with Gasteiger partial charge in [0.25, 0.3) is 0 Å². The highest BCUT2D eigenvalue weighted by molar-refractivity contribution is 5.26. The van der Waals surface area contributed by atoms with E-state index in [2.05, 4.69) is 5.32 Å². The summed E-state index contributed by atoms with van der Waals surface area (Å²) in [5.74, 6) is -3.77. The molecule has 1 aromatic carbocycles. The van der Waals surface area contributed by atoms with Gasteiger partial charge in [-0.2, -0.15) is 0 Å². The van der Waals surface area contributed by atoms with Crippen LogP contribution in [0.15, 0.2) is 23.8 Å². The average molecular weight is 229 g/mol. The molecule has 1 atom stereocenters. The third-order valence-corrected chi connectivity index (χ3v) is 2.18. The Labute approximate surface area is 93.0 Å². The molecule has 0 aliphatic heterocycles. The van der Waals surface area contributed by atoms with Crippen molar-refractivity contribution in [3.63, 3.8) is 0 Å². The van der Waals surface area contributed by atoms with Crippen molar-refractivity contribution in [1.82, 2.24) is 5.32 Å². The molecule has 0 amide bonds. The number of nitrogens with one attached hydrogen (secondary N) is 1. The van der Waals surface area contributed by atoms with Gasteiger partial charge in [-0.05, 0) is 38.6 Å². The van der Waals surface area contributed by atoms with Crippen molar-refractivity contribution in [3.05, 3.63) is 46.8 Å². The molecule has 0 saturated heterocycles. The highest BCUT2D eigenvalue weighted by atomic mass is 19.2. The van der Waals surface area contributed by atoms with E-state index in [1.165, 1.54) is 0 Å². The summed E-state index contributed by atoms with van der Waals surface area (Å²) in [4.78, 5) is 0. The first-order chi connectivity index (χ1) is 7.45. The first-order valence-corrected chi connectivity index (χ1v) is 4.92. The molecule has 0 aromatic heterocycles. The second-order valence-corrected chi connectivity index (χ2v) is 3.81. The Morgan fingerprint density at radius 3 is 2.06 bits per heavy atom. The molecule has 0 bridgehead atoms. The SMILES string of the molecule is CNC(C=C(C)C)c1cc(F)c(F)c(F)c1. The van der Waals surface area contributed by atoms with E-state index in [9.17, 15) is 13.2 Å². The molecular formula is C12H14F3N. The summed E-state index contributed by atoms with van der Waals surface area (Å²) in [6.45, 7) is 3.75. The van der Waals surface area contributed by atoms with Crippen molar-refractivity contribution >= 4 is 0 Å². The smallest absolute Gasteiger partial charge is 0.194 e. The molecule has 88 valence electrons. The van der Waals surface area contributed by atoms with Crippen molar-refractivity contribution in [1.29, 1.82) is 0 Å². The zero-order valence-electron chi connectivity index (χ0n) is 9.44. The number of allylic oxidation sites excluding steroid dienone is 1. The molecule has 1 N–H and O–H groups in total. The molecule has 0 heterocycles. The molecule has 1 aromatic rings. The summed E-state index contributed by atoms with van der Waals surface area (Å²) in [6.07, 6.45) is 1.81. The minimum atomic E-state index is -1.43. The van der Waals surface area contributed by atoms with Gasteiger partial charge in [0.15, 0.2) is 17.5 Å². The van der Waals surface area contributed by atoms with E-state index in [0.29, 0.717) is 5.56 Å². The summed E-state index contributed by atoms with van der Waals surface area (Å²) in [5, 5.41) is 2.89. The van der Waals surface area contributed by atoms with Crippen molar-refractivity contribution in [2.75, 3.05) is 7.05 Å². The van der Waals surface area contributed by atoms with Gasteiger partial charge in [0.2, 0.25) is 0 Å². The zero-order chi connectivity index (χ0) is 12.3. The molecule has 1 rings (SSSR count).